The van der Waals surface area contributed by atoms with Gasteiger partial charge in [-0.1, -0.05) is 0 Å². The number of aliphatic hydroxyl groups is 1. The van der Waals surface area contributed by atoms with Crippen LogP contribution in [0.15, 0.2) is 11.6 Å². The lowest BCUT2D eigenvalue weighted by molar-refractivity contribution is 0.165. The van der Waals surface area contributed by atoms with Gasteiger partial charge >= 0.3 is 0 Å². The largest absolute Gasteiger partial charge is 0.386 e. The molecule has 1 heterocycles. The molecule has 3 heteroatoms. The lowest BCUT2D eigenvalue weighted by Crippen LogP contribution is -1.95. The summed E-state index contributed by atoms with van der Waals surface area (Å²) in [5.41, 5.74) is 0. The molecule has 0 aliphatic rings. The lowest BCUT2D eigenvalue weighted by atomic mass is 10.2. The monoisotopic (exact) mass is 181 g/mol. The summed E-state index contributed by atoms with van der Waals surface area (Å²) in [7, 11) is 0. The van der Waals surface area contributed by atoms with Gasteiger partial charge in [0, 0.05) is 18.0 Å². The number of nitrogens with zero attached hydrogens (tertiary/aromatic N) is 1. The van der Waals surface area contributed by atoms with Gasteiger partial charge in [0.25, 0.3) is 0 Å². The van der Waals surface area contributed by atoms with Crippen LogP contribution < -0.4 is 0 Å². The molecule has 0 aromatic carbocycles. The van der Waals surface area contributed by atoms with Crippen LogP contribution in [0.2, 0.25) is 0 Å². The molecule has 2 nitrogen and oxygen atoms in total. The van der Waals surface area contributed by atoms with Crippen molar-refractivity contribution in [2.24, 2.45) is 0 Å². The molecule has 0 amide bonds. The molecule has 1 aromatic heterocycles. The van der Waals surface area contributed by atoms with E-state index in [9.17, 15) is 5.11 Å². The SMILES string of the molecule is C#CCCCC(O)c1nccs1. The zero-order valence-electron chi connectivity index (χ0n) is 6.73. The predicted molar refractivity (Wildman–Crippen MR) is 49.8 cm³/mol. The summed E-state index contributed by atoms with van der Waals surface area (Å²) in [6.07, 6.45) is 8.64. The highest BCUT2D eigenvalue weighted by atomic mass is 32.1. The molecular weight excluding hydrogens is 170 g/mol. The zero-order valence-corrected chi connectivity index (χ0v) is 7.55. The molecule has 0 aliphatic heterocycles. The molecule has 1 rings (SSSR count). The third kappa shape index (κ3) is 2.65. The van der Waals surface area contributed by atoms with Crippen molar-refractivity contribution in [2.45, 2.75) is 25.4 Å². The van der Waals surface area contributed by atoms with Crippen molar-refractivity contribution in [1.82, 2.24) is 4.98 Å². The van der Waals surface area contributed by atoms with Gasteiger partial charge in [-0.3, -0.25) is 0 Å². The van der Waals surface area contributed by atoms with Crippen molar-refractivity contribution in [3.8, 4) is 12.3 Å². The predicted octanol–water partition coefficient (Wildman–Crippen LogP) is 1.98. The number of terminal acetylenes is 1. The Hall–Kier alpha value is -0.850. The van der Waals surface area contributed by atoms with Crippen LogP contribution in [-0.2, 0) is 0 Å². The average molecular weight is 181 g/mol. The summed E-state index contributed by atoms with van der Waals surface area (Å²) in [5.74, 6) is 2.54. The quantitative estimate of drug-likeness (QED) is 0.569. The molecule has 0 saturated carbocycles. The number of aromatic nitrogens is 1. The van der Waals surface area contributed by atoms with E-state index < -0.39 is 6.10 Å². The number of thiazole rings is 1. The number of rotatable bonds is 4. The molecule has 0 bridgehead atoms. The molecule has 0 radical (unpaired) electrons. The van der Waals surface area contributed by atoms with E-state index in [1.54, 1.807) is 6.20 Å². The van der Waals surface area contributed by atoms with E-state index in [4.69, 9.17) is 6.42 Å². The first-order valence-corrected chi connectivity index (χ1v) is 4.73. The molecule has 0 saturated heterocycles. The smallest absolute Gasteiger partial charge is 0.121 e. The highest BCUT2D eigenvalue weighted by Gasteiger charge is 2.08. The Kier molecular flexibility index (Phi) is 3.78. The fourth-order valence-corrected chi connectivity index (χ4v) is 1.58. The molecule has 64 valence electrons. The summed E-state index contributed by atoms with van der Waals surface area (Å²) in [4.78, 5) is 4.01. The van der Waals surface area contributed by atoms with Crippen LogP contribution in [0, 0.1) is 12.3 Å². The number of aliphatic hydroxyl groups excluding tert-OH is 1. The summed E-state index contributed by atoms with van der Waals surface area (Å²) in [6.45, 7) is 0. The topological polar surface area (TPSA) is 33.1 Å². The van der Waals surface area contributed by atoms with Crippen LogP contribution in [0.3, 0.4) is 0 Å². The third-order valence-corrected chi connectivity index (χ3v) is 2.41. The highest BCUT2D eigenvalue weighted by Crippen LogP contribution is 2.20. The van der Waals surface area contributed by atoms with Gasteiger partial charge in [0.1, 0.15) is 11.1 Å². The zero-order chi connectivity index (χ0) is 8.81. The summed E-state index contributed by atoms with van der Waals surface area (Å²) in [5, 5.41) is 12.2. The normalized spacial score (nSPS) is 12.3. The summed E-state index contributed by atoms with van der Waals surface area (Å²) >= 11 is 1.48. The molecule has 1 unspecified atom stereocenters. The summed E-state index contributed by atoms with van der Waals surface area (Å²) in [6, 6.07) is 0. The fourth-order valence-electron chi connectivity index (χ4n) is 0.920. The molecule has 0 spiro atoms. The standard InChI is InChI=1S/C9H11NOS/c1-2-3-4-5-8(11)9-10-6-7-12-9/h1,6-8,11H,3-5H2. The van der Waals surface area contributed by atoms with Gasteiger partial charge < -0.3 is 5.11 Å². The van der Waals surface area contributed by atoms with Gasteiger partial charge in [-0.25, -0.2) is 4.98 Å². The van der Waals surface area contributed by atoms with Gasteiger partial charge in [0.15, 0.2) is 0 Å². The number of unbranched alkanes of at least 4 members (excludes halogenated alkanes) is 1. The molecule has 0 aliphatic carbocycles. The second-order valence-electron chi connectivity index (χ2n) is 2.48. The van der Waals surface area contributed by atoms with Crippen molar-refractivity contribution in [3.63, 3.8) is 0 Å². The first-order chi connectivity index (χ1) is 5.84. The number of hydrogen-bond donors (Lipinski definition) is 1. The Morgan fingerprint density at radius 3 is 3.17 bits per heavy atom. The van der Waals surface area contributed by atoms with Crippen LogP contribution in [0.5, 0.6) is 0 Å². The minimum atomic E-state index is -0.432. The molecular formula is C9H11NOS. The van der Waals surface area contributed by atoms with Crippen molar-refractivity contribution in [2.75, 3.05) is 0 Å². The van der Waals surface area contributed by atoms with Crippen LogP contribution in [0.4, 0.5) is 0 Å². The Labute approximate surface area is 76.3 Å². The van der Waals surface area contributed by atoms with Crippen molar-refractivity contribution < 1.29 is 5.11 Å². The van der Waals surface area contributed by atoms with Crippen LogP contribution in [0.1, 0.15) is 30.4 Å². The molecule has 0 fully saturated rings. The Bertz CT molecular complexity index is 250. The Balaban J connectivity index is 2.30. The van der Waals surface area contributed by atoms with E-state index >= 15 is 0 Å². The van der Waals surface area contributed by atoms with E-state index in [0.29, 0.717) is 6.42 Å². The summed E-state index contributed by atoms with van der Waals surface area (Å²) < 4.78 is 0. The fraction of sp³-hybridized carbons (Fsp3) is 0.444. The average Bonchev–Trinajstić information content (AvgIpc) is 2.56. The minimum absolute atomic E-state index is 0.432. The van der Waals surface area contributed by atoms with E-state index in [2.05, 4.69) is 10.9 Å². The lowest BCUT2D eigenvalue weighted by Gasteiger charge is -2.04. The number of hydrogen-bond acceptors (Lipinski definition) is 3. The second-order valence-corrected chi connectivity index (χ2v) is 3.41. The van der Waals surface area contributed by atoms with Crippen LogP contribution in [0.25, 0.3) is 0 Å². The van der Waals surface area contributed by atoms with Gasteiger partial charge in [-0.05, 0) is 12.8 Å². The molecule has 1 N–H and O–H groups in total. The van der Waals surface area contributed by atoms with Gasteiger partial charge in [0.2, 0.25) is 0 Å². The second kappa shape index (κ2) is 4.91. The van der Waals surface area contributed by atoms with Gasteiger partial charge in [0.05, 0.1) is 0 Å². The van der Waals surface area contributed by atoms with Crippen molar-refractivity contribution >= 4 is 11.3 Å². The van der Waals surface area contributed by atoms with Crippen LogP contribution >= 0.6 is 11.3 Å². The molecule has 1 atom stereocenters. The van der Waals surface area contributed by atoms with E-state index in [0.717, 1.165) is 17.8 Å². The van der Waals surface area contributed by atoms with Gasteiger partial charge in [-0.15, -0.1) is 23.7 Å². The first kappa shape index (κ1) is 9.24. The Morgan fingerprint density at radius 1 is 1.75 bits per heavy atom. The Morgan fingerprint density at radius 2 is 2.58 bits per heavy atom. The molecule has 1 aromatic rings. The maximum absolute atomic E-state index is 9.52. The van der Waals surface area contributed by atoms with Crippen LogP contribution in [-0.4, -0.2) is 10.1 Å². The van der Waals surface area contributed by atoms with E-state index in [1.165, 1.54) is 11.3 Å². The first-order valence-electron chi connectivity index (χ1n) is 3.85. The molecule has 12 heavy (non-hydrogen) atoms. The minimum Gasteiger partial charge on any atom is -0.386 e. The maximum atomic E-state index is 9.52. The van der Waals surface area contributed by atoms with Crippen molar-refractivity contribution in [3.05, 3.63) is 16.6 Å². The highest BCUT2D eigenvalue weighted by molar-refractivity contribution is 7.09. The third-order valence-electron chi connectivity index (χ3n) is 1.54. The van der Waals surface area contributed by atoms with E-state index in [-0.39, 0.29) is 0 Å². The van der Waals surface area contributed by atoms with Gasteiger partial charge in [-0.2, -0.15) is 0 Å². The van der Waals surface area contributed by atoms with E-state index in [1.807, 2.05) is 5.38 Å². The van der Waals surface area contributed by atoms with Crippen molar-refractivity contribution in [1.29, 1.82) is 0 Å². The maximum Gasteiger partial charge on any atom is 0.121 e.